The molecule has 0 spiro atoms. The summed E-state index contributed by atoms with van der Waals surface area (Å²) in [6.45, 7) is 5.44. The zero-order valence-electron chi connectivity index (χ0n) is 18.4. The van der Waals surface area contributed by atoms with Crippen LogP contribution in [0.4, 0.5) is 4.79 Å². The molecule has 33 heavy (non-hydrogen) atoms. The molecule has 0 radical (unpaired) electrons. The molecule has 0 saturated heterocycles. The Labute approximate surface area is 199 Å². The molecule has 0 aromatic heterocycles. The van der Waals surface area contributed by atoms with Crippen molar-refractivity contribution in [3.63, 3.8) is 0 Å². The van der Waals surface area contributed by atoms with E-state index in [2.05, 4.69) is 21.2 Å². The quantitative estimate of drug-likeness (QED) is 0.330. The van der Waals surface area contributed by atoms with Crippen molar-refractivity contribution in [2.75, 3.05) is 0 Å². The van der Waals surface area contributed by atoms with E-state index in [-0.39, 0.29) is 0 Å². The lowest BCUT2D eigenvalue weighted by molar-refractivity contribution is -0.173. The van der Waals surface area contributed by atoms with E-state index in [1.54, 1.807) is 0 Å². The highest BCUT2D eigenvalue weighted by atomic mass is 79.9. The van der Waals surface area contributed by atoms with E-state index in [4.69, 9.17) is 9.47 Å². The van der Waals surface area contributed by atoms with Crippen molar-refractivity contribution in [3.05, 3.63) is 87.9 Å². The fourth-order valence-electron chi connectivity index (χ4n) is 5.34. The van der Waals surface area contributed by atoms with Crippen LogP contribution in [0.25, 0.3) is 21.5 Å². The SMILES string of the molecule is CC(C)(C)OC(=O)N[C@]12c3c(ccc4cc(Br)ccc34)O[C@@]1(O)c1cccc3cccc2c13. The van der Waals surface area contributed by atoms with Crippen LogP contribution in [0.15, 0.2) is 71.2 Å². The van der Waals surface area contributed by atoms with Crippen LogP contribution in [-0.2, 0) is 16.1 Å². The lowest BCUT2D eigenvalue weighted by Gasteiger charge is -2.38. The van der Waals surface area contributed by atoms with Crippen molar-refractivity contribution in [2.45, 2.75) is 37.7 Å². The number of amides is 1. The van der Waals surface area contributed by atoms with Gasteiger partial charge in [-0.15, -0.1) is 0 Å². The maximum Gasteiger partial charge on any atom is 0.408 e. The highest BCUT2D eigenvalue weighted by molar-refractivity contribution is 9.10. The molecular weight excluding hydrogens is 482 g/mol. The standard InChI is InChI=1S/C27H22BrNO4/c1-25(2,3)33-24(30)29-26-19-8-4-6-15-7-5-9-20(22(15)19)27(26,31)32-21-13-10-16-14-17(28)11-12-18(16)23(21)26/h4-14,31H,1-3H3,(H,29,30)/t26-,27+/m1/s1. The van der Waals surface area contributed by atoms with Gasteiger partial charge < -0.3 is 19.9 Å². The van der Waals surface area contributed by atoms with Gasteiger partial charge in [-0.25, -0.2) is 4.79 Å². The third-order valence-electron chi connectivity index (χ3n) is 6.45. The first kappa shape index (κ1) is 20.5. The van der Waals surface area contributed by atoms with Crippen molar-refractivity contribution in [1.82, 2.24) is 5.32 Å². The molecule has 4 aromatic rings. The Kier molecular flexibility index (Phi) is 4.03. The number of nitrogens with one attached hydrogen (secondary N) is 1. The monoisotopic (exact) mass is 503 g/mol. The Morgan fingerprint density at radius 2 is 1.73 bits per heavy atom. The molecule has 1 aliphatic carbocycles. The molecule has 6 rings (SSSR count). The summed E-state index contributed by atoms with van der Waals surface area (Å²) in [4.78, 5) is 13.3. The van der Waals surface area contributed by atoms with E-state index < -0.39 is 23.0 Å². The van der Waals surface area contributed by atoms with Crippen LogP contribution in [0.5, 0.6) is 5.75 Å². The van der Waals surface area contributed by atoms with Crippen molar-refractivity contribution in [1.29, 1.82) is 0 Å². The predicted molar refractivity (Wildman–Crippen MR) is 130 cm³/mol. The third-order valence-corrected chi connectivity index (χ3v) is 6.94. The molecule has 0 unspecified atom stereocenters. The minimum Gasteiger partial charge on any atom is -0.454 e. The molecule has 166 valence electrons. The van der Waals surface area contributed by atoms with Gasteiger partial charge in [0.1, 0.15) is 11.4 Å². The minimum absolute atomic E-state index is 0.523. The first-order valence-corrected chi connectivity index (χ1v) is 11.6. The van der Waals surface area contributed by atoms with Gasteiger partial charge in [-0.05, 0) is 66.1 Å². The molecule has 2 aliphatic rings. The molecule has 1 aliphatic heterocycles. The summed E-state index contributed by atoms with van der Waals surface area (Å²) in [6, 6.07) is 21.4. The van der Waals surface area contributed by atoms with Gasteiger partial charge in [0.05, 0.1) is 0 Å². The summed E-state index contributed by atoms with van der Waals surface area (Å²) in [6.07, 6.45) is -0.628. The van der Waals surface area contributed by atoms with E-state index in [9.17, 15) is 9.90 Å². The molecule has 2 N–H and O–H groups in total. The molecule has 1 amide bonds. The van der Waals surface area contributed by atoms with E-state index >= 15 is 0 Å². The van der Waals surface area contributed by atoms with Crippen molar-refractivity contribution in [2.24, 2.45) is 0 Å². The van der Waals surface area contributed by atoms with Gasteiger partial charge in [0.2, 0.25) is 0 Å². The zero-order chi connectivity index (χ0) is 23.2. The largest absolute Gasteiger partial charge is 0.454 e. The average molecular weight is 504 g/mol. The number of carbonyl (C=O) groups is 1. The summed E-state index contributed by atoms with van der Waals surface area (Å²) < 4.78 is 12.9. The number of alkyl carbamates (subject to hydrolysis) is 1. The lowest BCUT2D eigenvalue weighted by Crippen LogP contribution is -2.58. The maximum atomic E-state index is 13.3. The summed E-state index contributed by atoms with van der Waals surface area (Å²) in [5.74, 6) is -1.31. The Balaban J connectivity index is 1.71. The molecule has 4 aromatic carbocycles. The number of aliphatic hydroxyl groups is 1. The van der Waals surface area contributed by atoms with Gasteiger partial charge in [0, 0.05) is 15.6 Å². The molecule has 2 atom stereocenters. The highest BCUT2D eigenvalue weighted by Gasteiger charge is 2.68. The van der Waals surface area contributed by atoms with Crippen LogP contribution >= 0.6 is 15.9 Å². The number of ether oxygens (including phenoxy) is 2. The van der Waals surface area contributed by atoms with Gasteiger partial charge in [0.15, 0.2) is 5.54 Å². The summed E-state index contributed by atoms with van der Waals surface area (Å²) >= 11 is 3.54. The summed E-state index contributed by atoms with van der Waals surface area (Å²) in [7, 11) is 0. The lowest BCUT2D eigenvalue weighted by atomic mass is 9.78. The average Bonchev–Trinajstić information content (AvgIpc) is 3.11. The first-order chi connectivity index (χ1) is 15.6. The van der Waals surface area contributed by atoms with Crippen molar-refractivity contribution < 1.29 is 19.4 Å². The number of rotatable bonds is 1. The van der Waals surface area contributed by atoms with Gasteiger partial charge in [0.25, 0.3) is 5.79 Å². The van der Waals surface area contributed by atoms with Crippen molar-refractivity contribution >= 4 is 43.6 Å². The number of fused-ring (bicyclic) bond motifs is 7. The second kappa shape index (κ2) is 6.49. The maximum absolute atomic E-state index is 13.3. The van der Waals surface area contributed by atoms with Gasteiger partial charge >= 0.3 is 6.09 Å². The van der Waals surface area contributed by atoms with Crippen LogP contribution in [0.2, 0.25) is 0 Å². The Morgan fingerprint density at radius 1 is 1.00 bits per heavy atom. The minimum atomic E-state index is -1.84. The highest BCUT2D eigenvalue weighted by Crippen LogP contribution is 2.63. The van der Waals surface area contributed by atoms with Gasteiger partial charge in [-0.3, -0.25) is 0 Å². The van der Waals surface area contributed by atoms with E-state index in [0.717, 1.165) is 31.6 Å². The molecule has 6 heteroatoms. The number of halogens is 1. The molecule has 0 fully saturated rings. The molecule has 5 nitrogen and oxygen atoms in total. The predicted octanol–water partition coefficient (Wildman–Crippen LogP) is 6.07. The second-order valence-corrected chi connectivity index (χ2v) is 10.6. The van der Waals surface area contributed by atoms with E-state index in [0.29, 0.717) is 16.9 Å². The fraction of sp³-hybridized carbons (Fsp3) is 0.222. The Hall–Kier alpha value is -3.09. The van der Waals surface area contributed by atoms with Crippen LogP contribution in [0.1, 0.15) is 37.5 Å². The normalized spacial score (nSPS) is 22.7. The van der Waals surface area contributed by atoms with E-state index in [1.165, 1.54) is 0 Å². The first-order valence-electron chi connectivity index (χ1n) is 10.8. The third kappa shape index (κ3) is 2.65. The second-order valence-electron chi connectivity index (χ2n) is 9.64. The Morgan fingerprint density at radius 3 is 2.45 bits per heavy atom. The smallest absolute Gasteiger partial charge is 0.408 e. The summed E-state index contributed by atoms with van der Waals surface area (Å²) in [5.41, 5.74) is 0.0134. The topological polar surface area (TPSA) is 67.8 Å². The summed E-state index contributed by atoms with van der Waals surface area (Å²) in [5, 5.41) is 19.1. The molecule has 1 heterocycles. The van der Waals surface area contributed by atoms with Crippen LogP contribution < -0.4 is 10.1 Å². The molecule has 0 saturated carbocycles. The zero-order valence-corrected chi connectivity index (χ0v) is 20.0. The Bertz CT molecular complexity index is 1490. The molecular formula is C27H22BrNO4. The number of carbonyl (C=O) groups excluding carboxylic acids is 1. The van der Waals surface area contributed by atoms with Crippen LogP contribution in [0, 0.1) is 0 Å². The number of hydrogen-bond acceptors (Lipinski definition) is 4. The van der Waals surface area contributed by atoms with E-state index in [1.807, 2.05) is 87.5 Å². The van der Waals surface area contributed by atoms with Crippen LogP contribution in [0.3, 0.4) is 0 Å². The number of hydrogen-bond donors (Lipinski definition) is 2. The number of benzene rings is 4. The van der Waals surface area contributed by atoms with Gasteiger partial charge in [-0.1, -0.05) is 64.5 Å². The van der Waals surface area contributed by atoms with Gasteiger partial charge in [-0.2, -0.15) is 0 Å². The molecule has 0 bridgehead atoms. The fourth-order valence-corrected chi connectivity index (χ4v) is 5.72. The van der Waals surface area contributed by atoms with Crippen LogP contribution in [-0.4, -0.2) is 16.8 Å². The van der Waals surface area contributed by atoms with Crippen molar-refractivity contribution in [3.8, 4) is 5.75 Å².